The number of hydrogen-bond donors (Lipinski definition) is 1. The van der Waals surface area contributed by atoms with Crippen molar-refractivity contribution < 1.29 is 4.42 Å². The van der Waals surface area contributed by atoms with E-state index in [2.05, 4.69) is 20.2 Å². The molecule has 3 rings (SSSR count). The fourth-order valence-electron chi connectivity index (χ4n) is 2.19. The summed E-state index contributed by atoms with van der Waals surface area (Å²) in [6.45, 7) is 2.66. The van der Waals surface area contributed by atoms with Crippen molar-refractivity contribution in [3.63, 3.8) is 0 Å². The topological polar surface area (TPSA) is 54.2 Å². The van der Waals surface area contributed by atoms with E-state index in [0.717, 1.165) is 29.0 Å². The van der Waals surface area contributed by atoms with Gasteiger partial charge < -0.3 is 14.6 Å². The summed E-state index contributed by atoms with van der Waals surface area (Å²) in [6, 6.07) is 5.97. The van der Waals surface area contributed by atoms with Gasteiger partial charge in [0.25, 0.3) is 0 Å². The van der Waals surface area contributed by atoms with Crippen LogP contribution >= 0.6 is 0 Å². The maximum Gasteiger partial charge on any atom is 0.136 e. The summed E-state index contributed by atoms with van der Waals surface area (Å²) >= 11 is 0. The third-order valence-electron chi connectivity index (χ3n) is 3.51. The van der Waals surface area contributed by atoms with Crippen molar-refractivity contribution >= 4 is 11.6 Å². The van der Waals surface area contributed by atoms with E-state index in [4.69, 9.17) is 4.42 Å². The van der Waals surface area contributed by atoms with Crippen LogP contribution in [0, 0.1) is 6.92 Å². The Bertz CT molecular complexity index is 604. The molecule has 20 heavy (non-hydrogen) atoms. The Morgan fingerprint density at radius 2 is 2.15 bits per heavy atom. The average molecular weight is 272 g/mol. The second kappa shape index (κ2) is 5.15. The lowest BCUT2D eigenvalue weighted by Gasteiger charge is -2.18. The van der Waals surface area contributed by atoms with E-state index in [0.29, 0.717) is 12.5 Å². The van der Waals surface area contributed by atoms with Gasteiger partial charge in [0.2, 0.25) is 0 Å². The number of rotatable bonds is 5. The van der Waals surface area contributed by atoms with Gasteiger partial charge in [0.15, 0.2) is 0 Å². The van der Waals surface area contributed by atoms with Crippen molar-refractivity contribution in [2.24, 2.45) is 0 Å². The molecule has 0 amide bonds. The highest BCUT2D eigenvalue weighted by molar-refractivity contribution is 5.49. The Morgan fingerprint density at radius 1 is 1.35 bits per heavy atom. The first-order valence-electron chi connectivity index (χ1n) is 6.99. The lowest BCUT2D eigenvalue weighted by atomic mass is 10.3. The first-order chi connectivity index (χ1) is 9.65. The third-order valence-corrected chi connectivity index (χ3v) is 3.51. The summed E-state index contributed by atoms with van der Waals surface area (Å²) < 4.78 is 5.62. The molecular formula is C15H20N4O. The van der Waals surface area contributed by atoms with Crippen LogP contribution in [0.5, 0.6) is 0 Å². The fraction of sp³-hybridized carbons (Fsp3) is 0.467. The van der Waals surface area contributed by atoms with Gasteiger partial charge in [0.1, 0.15) is 29.0 Å². The molecule has 0 spiro atoms. The van der Waals surface area contributed by atoms with Crippen LogP contribution in [0.4, 0.5) is 11.6 Å². The monoisotopic (exact) mass is 272 g/mol. The standard InChI is InChI=1S/C15H20N4O/c1-10-4-7-12(20-10)9-19(3)14-8-13(16-2)17-15(18-14)11-5-6-11/h4,7-8,11H,5-6,9H2,1-3H3,(H,16,17,18). The first kappa shape index (κ1) is 13.0. The van der Waals surface area contributed by atoms with Gasteiger partial charge in [-0.2, -0.15) is 0 Å². The van der Waals surface area contributed by atoms with Crippen LogP contribution in [-0.4, -0.2) is 24.1 Å². The summed E-state index contributed by atoms with van der Waals surface area (Å²) in [5, 5.41) is 3.11. The summed E-state index contributed by atoms with van der Waals surface area (Å²) in [7, 11) is 3.91. The van der Waals surface area contributed by atoms with Crippen molar-refractivity contribution in [1.29, 1.82) is 0 Å². The summed E-state index contributed by atoms with van der Waals surface area (Å²) in [4.78, 5) is 11.3. The quantitative estimate of drug-likeness (QED) is 0.907. The largest absolute Gasteiger partial charge is 0.464 e. The Labute approximate surface area is 119 Å². The van der Waals surface area contributed by atoms with Crippen molar-refractivity contribution in [3.05, 3.63) is 35.5 Å². The van der Waals surface area contributed by atoms with Crippen LogP contribution in [0.25, 0.3) is 0 Å². The first-order valence-corrected chi connectivity index (χ1v) is 6.99. The average Bonchev–Trinajstić information content (AvgIpc) is 3.22. The minimum atomic E-state index is 0.543. The smallest absolute Gasteiger partial charge is 0.136 e. The van der Waals surface area contributed by atoms with Gasteiger partial charge in [-0.25, -0.2) is 9.97 Å². The molecule has 1 fully saturated rings. The van der Waals surface area contributed by atoms with Gasteiger partial charge in [-0.1, -0.05) is 0 Å². The lowest BCUT2D eigenvalue weighted by molar-refractivity contribution is 0.481. The molecule has 1 saturated carbocycles. The van der Waals surface area contributed by atoms with Gasteiger partial charge in [-0.3, -0.25) is 0 Å². The predicted octanol–water partition coefficient (Wildman–Crippen LogP) is 2.93. The maximum absolute atomic E-state index is 5.62. The van der Waals surface area contributed by atoms with Crippen molar-refractivity contribution in [3.8, 4) is 0 Å². The van der Waals surface area contributed by atoms with E-state index in [1.54, 1.807) is 0 Å². The molecule has 0 aliphatic heterocycles. The molecule has 2 heterocycles. The Balaban J connectivity index is 1.82. The van der Waals surface area contributed by atoms with Gasteiger partial charge in [-0.15, -0.1) is 0 Å². The highest BCUT2D eigenvalue weighted by Gasteiger charge is 2.27. The summed E-state index contributed by atoms with van der Waals surface area (Å²) in [5.41, 5.74) is 0. The van der Waals surface area contributed by atoms with E-state index in [1.165, 1.54) is 12.8 Å². The third kappa shape index (κ3) is 2.76. The van der Waals surface area contributed by atoms with E-state index in [1.807, 2.05) is 39.2 Å². The fourth-order valence-corrected chi connectivity index (χ4v) is 2.19. The van der Waals surface area contributed by atoms with E-state index >= 15 is 0 Å². The van der Waals surface area contributed by atoms with Crippen molar-refractivity contribution in [1.82, 2.24) is 9.97 Å². The zero-order chi connectivity index (χ0) is 14.1. The molecule has 1 aliphatic carbocycles. The molecule has 106 valence electrons. The van der Waals surface area contributed by atoms with Crippen molar-refractivity contribution in [2.75, 3.05) is 24.3 Å². The van der Waals surface area contributed by atoms with Crippen LogP contribution < -0.4 is 10.2 Å². The Morgan fingerprint density at radius 3 is 2.75 bits per heavy atom. The molecule has 5 nitrogen and oxygen atoms in total. The Hall–Kier alpha value is -2.04. The van der Waals surface area contributed by atoms with Gasteiger partial charge in [0, 0.05) is 26.1 Å². The highest BCUT2D eigenvalue weighted by Crippen LogP contribution is 2.39. The van der Waals surface area contributed by atoms with E-state index in [-0.39, 0.29) is 0 Å². The number of nitrogens with one attached hydrogen (secondary N) is 1. The minimum absolute atomic E-state index is 0.543. The number of aryl methyl sites for hydroxylation is 1. The number of anilines is 2. The molecule has 0 atom stereocenters. The molecule has 0 saturated heterocycles. The van der Waals surface area contributed by atoms with Gasteiger partial charge in [-0.05, 0) is 31.9 Å². The van der Waals surface area contributed by atoms with Crippen LogP contribution in [0.15, 0.2) is 22.6 Å². The van der Waals surface area contributed by atoms with Crippen LogP contribution in [0.1, 0.15) is 36.1 Å². The molecule has 2 aromatic heterocycles. The molecular weight excluding hydrogens is 252 g/mol. The normalized spacial score (nSPS) is 14.3. The van der Waals surface area contributed by atoms with Crippen molar-refractivity contribution in [2.45, 2.75) is 32.2 Å². The summed E-state index contributed by atoms with van der Waals surface area (Å²) in [6.07, 6.45) is 2.40. The molecule has 5 heteroatoms. The number of furan rings is 1. The van der Waals surface area contributed by atoms with Gasteiger partial charge >= 0.3 is 0 Å². The van der Waals surface area contributed by atoms with E-state index in [9.17, 15) is 0 Å². The van der Waals surface area contributed by atoms with Crippen LogP contribution in [0.3, 0.4) is 0 Å². The molecule has 1 N–H and O–H groups in total. The van der Waals surface area contributed by atoms with Crippen LogP contribution in [0.2, 0.25) is 0 Å². The minimum Gasteiger partial charge on any atom is -0.464 e. The molecule has 0 radical (unpaired) electrons. The summed E-state index contributed by atoms with van der Waals surface area (Å²) in [5.74, 6) is 5.18. The molecule has 2 aromatic rings. The zero-order valence-corrected chi connectivity index (χ0v) is 12.2. The Kier molecular flexibility index (Phi) is 3.34. The number of aromatic nitrogens is 2. The van der Waals surface area contributed by atoms with E-state index < -0.39 is 0 Å². The molecule has 0 unspecified atom stereocenters. The van der Waals surface area contributed by atoms with Crippen LogP contribution in [-0.2, 0) is 6.54 Å². The SMILES string of the molecule is CNc1cc(N(C)Cc2ccc(C)o2)nc(C2CC2)n1. The second-order valence-corrected chi connectivity index (χ2v) is 5.36. The highest BCUT2D eigenvalue weighted by atomic mass is 16.3. The second-order valence-electron chi connectivity index (χ2n) is 5.36. The molecule has 1 aliphatic rings. The molecule has 0 bridgehead atoms. The lowest BCUT2D eigenvalue weighted by Crippen LogP contribution is -2.18. The van der Waals surface area contributed by atoms with Gasteiger partial charge in [0.05, 0.1) is 6.54 Å². The molecule has 0 aromatic carbocycles. The number of hydrogen-bond acceptors (Lipinski definition) is 5. The maximum atomic E-state index is 5.62. The number of nitrogens with zero attached hydrogens (tertiary/aromatic N) is 3. The predicted molar refractivity (Wildman–Crippen MR) is 79.1 cm³/mol. The zero-order valence-electron chi connectivity index (χ0n) is 12.2.